The highest BCUT2D eigenvalue weighted by Crippen LogP contribution is 2.43. The van der Waals surface area contributed by atoms with Crippen LogP contribution in [-0.2, 0) is 15.6 Å². The number of aromatic hydroxyl groups is 1. The molecule has 0 radical (unpaired) electrons. The molecule has 4 rings (SSSR count). The maximum absolute atomic E-state index is 15.0. The third-order valence-electron chi connectivity index (χ3n) is 4.87. The lowest BCUT2D eigenvalue weighted by Crippen LogP contribution is -2.29. The largest absolute Gasteiger partial charge is 0.505 e. The molecule has 162 valence electrons. The standard InChI is InChI=1S/C20H16BrClFN3O4S/c21-12-7-15(22)18(27)16(8-12)31(29,30)9-10-5-13(11-1-2-11)17(23)14(6-10)19(28)26-20-24-3-4-25-20/h3,5-8,11,27H,1-2,4,9H2,(H,25,26,28). The summed E-state index contributed by atoms with van der Waals surface area (Å²) in [4.78, 5) is 20.1. The molecule has 1 heterocycles. The van der Waals surface area contributed by atoms with Gasteiger partial charge in [-0.05, 0) is 48.1 Å². The molecule has 1 fully saturated rings. The van der Waals surface area contributed by atoms with E-state index in [-0.39, 0.29) is 32.9 Å². The van der Waals surface area contributed by atoms with Gasteiger partial charge in [0.15, 0.2) is 15.6 Å². The number of carbonyl (C=O) groups excluding carboxylic acids is 1. The molecule has 7 nitrogen and oxygen atoms in total. The Balaban J connectivity index is 1.72. The van der Waals surface area contributed by atoms with Crippen molar-refractivity contribution in [3.8, 4) is 5.75 Å². The zero-order valence-electron chi connectivity index (χ0n) is 15.9. The van der Waals surface area contributed by atoms with E-state index < -0.39 is 33.1 Å². The predicted octanol–water partition coefficient (Wildman–Crippen LogP) is 3.97. The molecule has 1 aliphatic carbocycles. The zero-order valence-corrected chi connectivity index (χ0v) is 19.1. The molecule has 31 heavy (non-hydrogen) atoms. The van der Waals surface area contributed by atoms with Crippen molar-refractivity contribution in [2.75, 3.05) is 6.54 Å². The highest BCUT2D eigenvalue weighted by atomic mass is 79.9. The van der Waals surface area contributed by atoms with Crippen molar-refractivity contribution < 1.29 is 22.7 Å². The second kappa shape index (κ2) is 8.33. The molecule has 11 heteroatoms. The van der Waals surface area contributed by atoms with Crippen LogP contribution in [0.1, 0.15) is 40.2 Å². The van der Waals surface area contributed by atoms with Crippen molar-refractivity contribution in [1.29, 1.82) is 0 Å². The first-order valence-corrected chi connectivity index (χ1v) is 12.1. The van der Waals surface area contributed by atoms with Crippen LogP contribution in [0, 0.1) is 5.82 Å². The van der Waals surface area contributed by atoms with E-state index in [1.54, 1.807) is 0 Å². The fourth-order valence-electron chi connectivity index (χ4n) is 3.26. The Kier molecular flexibility index (Phi) is 5.89. The van der Waals surface area contributed by atoms with E-state index in [2.05, 4.69) is 31.2 Å². The summed E-state index contributed by atoms with van der Waals surface area (Å²) < 4.78 is 41.4. The molecule has 2 aliphatic rings. The van der Waals surface area contributed by atoms with Crippen molar-refractivity contribution in [2.45, 2.75) is 29.4 Å². The molecule has 1 saturated carbocycles. The van der Waals surface area contributed by atoms with Gasteiger partial charge in [-0.25, -0.2) is 22.8 Å². The molecule has 0 spiro atoms. The summed E-state index contributed by atoms with van der Waals surface area (Å²) in [6.07, 6.45) is 3.01. The number of nitrogens with zero attached hydrogens (tertiary/aromatic N) is 2. The number of hydrogen-bond acceptors (Lipinski definition) is 6. The molecule has 2 aromatic rings. The summed E-state index contributed by atoms with van der Waals surface area (Å²) in [5.41, 5.74) is 0.239. The van der Waals surface area contributed by atoms with Crippen LogP contribution < -0.4 is 5.32 Å². The summed E-state index contributed by atoms with van der Waals surface area (Å²) in [5, 5.41) is 12.5. The molecule has 1 amide bonds. The molecular weight excluding hydrogens is 513 g/mol. The van der Waals surface area contributed by atoms with Gasteiger partial charge in [0.1, 0.15) is 10.7 Å². The van der Waals surface area contributed by atoms with Crippen molar-refractivity contribution in [3.05, 3.63) is 56.3 Å². The zero-order chi connectivity index (χ0) is 22.3. The first-order valence-electron chi connectivity index (χ1n) is 9.27. The summed E-state index contributed by atoms with van der Waals surface area (Å²) in [5.74, 6) is -2.55. The van der Waals surface area contributed by atoms with Crippen LogP contribution in [-0.4, -0.2) is 38.2 Å². The number of benzene rings is 2. The highest BCUT2D eigenvalue weighted by molar-refractivity contribution is 9.10. The van der Waals surface area contributed by atoms with Crippen molar-refractivity contribution in [3.63, 3.8) is 0 Å². The number of halogens is 3. The highest BCUT2D eigenvalue weighted by Gasteiger charge is 2.31. The maximum atomic E-state index is 15.0. The van der Waals surface area contributed by atoms with E-state index in [1.807, 2.05) is 0 Å². The summed E-state index contributed by atoms with van der Waals surface area (Å²) in [7, 11) is -4.05. The summed E-state index contributed by atoms with van der Waals surface area (Å²) >= 11 is 9.06. The molecule has 1 aliphatic heterocycles. The van der Waals surface area contributed by atoms with Crippen LogP contribution in [0.2, 0.25) is 5.02 Å². The molecule has 0 unspecified atom stereocenters. The fraction of sp³-hybridized carbons (Fsp3) is 0.250. The van der Waals surface area contributed by atoms with Gasteiger partial charge in [-0.3, -0.25) is 10.1 Å². The SMILES string of the molecule is O=C(NC1=NCC=N1)c1cc(CS(=O)(=O)c2cc(Br)cc(Cl)c2O)cc(C2CC2)c1F. The van der Waals surface area contributed by atoms with Gasteiger partial charge in [0.25, 0.3) is 5.91 Å². The number of carbonyl (C=O) groups is 1. The molecule has 2 aromatic carbocycles. The normalized spacial score (nSPS) is 15.8. The number of phenolic OH excluding ortho intramolecular Hbond substituents is 1. The Morgan fingerprint density at radius 1 is 1.29 bits per heavy atom. The lowest BCUT2D eigenvalue weighted by Gasteiger charge is -2.13. The Hall–Kier alpha value is -2.30. The second-order valence-electron chi connectivity index (χ2n) is 7.24. The first kappa shape index (κ1) is 21.9. The molecule has 0 bridgehead atoms. The third-order valence-corrected chi connectivity index (χ3v) is 7.31. The van der Waals surface area contributed by atoms with Gasteiger partial charge in [-0.1, -0.05) is 33.6 Å². The lowest BCUT2D eigenvalue weighted by molar-refractivity contribution is 0.0972. The van der Waals surface area contributed by atoms with Crippen LogP contribution in [0.15, 0.2) is 43.6 Å². The average Bonchev–Trinajstić information content (AvgIpc) is 3.42. The molecule has 0 aromatic heterocycles. The van der Waals surface area contributed by atoms with Gasteiger partial charge in [0.2, 0.25) is 5.96 Å². The molecule has 0 atom stereocenters. The van der Waals surface area contributed by atoms with Crippen LogP contribution in [0.5, 0.6) is 5.75 Å². The minimum Gasteiger partial charge on any atom is -0.505 e. The molecule has 0 saturated heterocycles. The van der Waals surface area contributed by atoms with Gasteiger partial charge in [0, 0.05) is 10.7 Å². The van der Waals surface area contributed by atoms with Gasteiger partial charge >= 0.3 is 0 Å². The van der Waals surface area contributed by atoms with E-state index >= 15 is 4.39 Å². The van der Waals surface area contributed by atoms with Crippen LogP contribution in [0.25, 0.3) is 0 Å². The number of sulfone groups is 1. The minimum atomic E-state index is -4.05. The Labute approximate surface area is 191 Å². The summed E-state index contributed by atoms with van der Waals surface area (Å²) in [6, 6.07) is 5.27. The van der Waals surface area contributed by atoms with Gasteiger partial charge in [-0.2, -0.15) is 0 Å². The number of phenols is 1. The monoisotopic (exact) mass is 527 g/mol. The minimum absolute atomic E-state index is 0.0650. The van der Waals surface area contributed by atoms with Gasteiger partial charge in [0.05, 0.1) is 22.9 Å². The fourth-order valence-corrected chi connectivity index (χ4v) is 5.75. The Bertz CT molecular complexity index is 1260. The number of nitrogens with one attached hydrogen (secondary N) is 1. The maximum Gasteiger partial charge on any atom is 0.261 e. The van der Waals surface area contributed by atoms with Crippen molar-refractivity contribution in [1.82, 2.24) is 5.32 Å². The van der Waals surface area contributed by atoms with Gasteiger partial charge < -0.3 is 5.11 Å². The average molecular weight is 529 g/mol. The third kappa shape index (κ3) is 4.65. The predicted molar refractivity (Wildman–Crippen MR) is 118 cm³/mol. The summed E-state index contributed by atoms with van der Waals surface area (Å²) in [6.45, 7) is 0.322. The molecular formula is C20H16BrClFN3O4S. The van der Waals surface area contributed by atoms with E-state index in [0.29, 0.717) is 16.6 Å². The van der Waals surface area contributed by atoms with Crippen molar-refractivity contribution >= 4 is 55.4 Å². The Morgan fingerprint density at radius 2 is 2.03 bits per heavy atom. The first-order chi connectivity index (χ1) is 14.7. The molecule has 2 N–H and O–H groups in total. The van der Waals surface area contributed by atoms with E-state index in [0.717, 1.165) is 12.8 Å². The van der Waals surface area contributed by atoms with Crippen LogP contribution in [0.4, 0.5) is 4.39 Å². The number of rotatable bonds is 5. The number of guanidine groups is 1. The smallest absolute Gasteiger partial charge is 0.261 e. The van der Waals surface area contributed by atoms with Crippen LogP contribution in [0.3, 0.4) is 0 Å². The van der Waals surface area contributed by atoms with E-state index in [1.165, 1.54) is 30.5 Å². The number of hydrogen-bond donors (Lipinski definition) is 2. The van der Waals surface area contributed by atoms with E-state index in [9.17, 15) is 18.3 Å². The number of amides is 1. The van der Waals surface area contributed by atoms with Crippen LogP contribution >= 0.6 is 27.5 Å². The topological polar surface area (TPSA) is 108 Å². The number of aliphatic imine (C=N–C) groups is 2. The quantitative estimate of drug-likeness (QED) is 0.612. The van der Waals surface area contributed by atoms with Gasteiger partial charge in [-0.15, -0.1) is 0 Å². The Morgan fingerprint density at radius 3 is 2.68 bits per heavy atom. The van der Waals surface area contributed by atoms with E-state index in [4.69, 9.17) is 11.6 Å². The van der Waals surface area contributed by atoms with Crippen molar-refractivity contribution in [2.24, 2.45) is 9.98 Å². The lowest BCUT2D eigenvalue weighted by atomic mass is 10.0. The second-order valence-corrected chi connectivity index (χ2v) is 10.5.